The highest BCUT2D eigenvalue weighted by molar-refractivity contribution is 5.80. The van der Waals surface area contributed by atoms with E-state index in [1.54, 1.807) is 13.2 Å². The van der Waals surface area contributed by atoms with Crippen LogP contribution in [0.15, 0.2) is 23.2 Å². The molecular weight excluding hydrogens is 302 g/mol. The van der Waals surface area contributed by atoms with Crippen LogP contribution in [-0.2, 0) is 6.42 Å². The van der Waals surface area contributed by atoms with Crippen LogP contribution in [0.2, 0.25) is 0 Å². The van der Waals surface area contributed by atoms with Crippen molar-refractivity contribution in [3.8, 4) is 11.5 Å². The molecule has 0 amide bonds. The average Bonchev–Trinajstić information content (AvgIpc) is 2.54. The molecule has 0 bridgehead atoms. The fourth-order valence-corrected chi connectivity index (χ4v) is 3.43. The third-order valence-electron chi connectivity index (χ3n) is 4.41. The zero-order valence-corrected chi connectivity index (χ0v) is 15.4. The van der Waals surface area contributed by atoms with Crippen LogP contribution < -0.4 is 10.1 Å². The second kappa shape index (κ2) is 8.81. The molecule has 1 aliphatic rings. The van der Waals surface area contributed by atoms with E-state index >= 15 is 0 Å². The van der Waals surface area contributed by atoms with E-state index in [0.717, 1.165) is 44.1 Å². The van der Waals surface area contributed by atoms with Gasteiger partial charge in [0.15, 0.2) is 17.5 Å². The number of rotatable bonds is 5. The number of hydrogen-bond donors (Lipinski definition) is 2. The van der Waals surface area contributed by atoms with E-state index in [4.69, 9.17) is 9.73 Å². The largest absolute Gasteiger partial charge is 0.504 e. The van der Waals surface area contributed by atoms with Gasteiger partial charge in [0.2, 0.25) is 0 Å². The van der Waals surface area contributed by atoms with E-state index in [2.05, 4.69) is 31.0 Å². The first kappa shape index (κ1) is 18.4. The summed E-state index contributed by atoms with van der Waals surface area (Å²) in [6.45, 7) is 10.5. The predicted molar refractivity (Wildman–Crippen MR) is 98.9 cm³/mol. The minimum Gasteiger partial charge on any atom is -0.504 e. The Bertz CT molecular complexity index is 550. The third kappa shape index (κ3) is 5.05. The molecule has 1 heterocycles. The van der Waals surface area contributed by atoms with Gasteiger partial charge < -0.3 is 20.1 Å². The lowest BCUT2D eigenvalue weighted by atomic mass is 9.92. The first-order valence-electron chi connectivity index (χ1n) is 8.92. The topological polar surface area (TPSA) is 57.1 Å². The summed E-state index contributed by atoms with van der Waals surface area (Å²) in [7, 11) is 1.57. The number of hydrogen-bond acceptors (Lipinski definition) is 3. The summed E-state index contributed by atoms with van der Waals surface area (Å²) >= 11 is 0. The van der Waals surface area contributed by atoms with Crippen molar-refractivity contribution in [3.05, 3.63) is 23.8 Å². The van der Waals surface area contributed by atoms with Crippen molar-refractivity contribution in [2.75, 3.05) is 33.3 Å². The zero-order chi connectivity index (χ0) is 17.5. The summed E-state index contributed by atoms with van der Waals surface area (Å²) in [5.41, 5.74) is 1.12. The van der Waals surface area contributed by atoms with Crippen LogP contribution >= 0.6 is 0 Å². The van der Waals surface area contributed by atoms with Crippen molar-refractivity contribution in [2.24, 2.45) is 16.8 Å². The van der Waals surface area contributed by atoms with E-state index in [9.17, 15) is 5.11 Å². The maximum Gasteiger partial charge on any atom is 0.193 e. The van der Waals surface area contributed by atoms with Crippen LogP contribution in [-0.4, -0.2) is 49.3 Å². The minimum atomic E-state index is 0.175. The van der Waals surface area contributed by atoms with E-state index in [-0.39, 0.29) is 5.75 Å². The van der Waals surface area contributed by atoms with Gasteiger partial charge >= 0.3 is 0 Å². The molecule has 2 atom stereocenters. The Morgan fingerprint density at radius 2 is 2.04 bits per heavy atom. The highest BCUT2D eigenvalue weighted by Gasteiger charge is 2.23. The summed E-state index contributed by atoms with van der Waals surface area (Å²) in [4.78, 5) is 7.20. The number of nitrogens with zero attached hydrogens (tertiary/aromatic N) is 2. The number of ether oxygens (including phenoxy) is 1. The summed E-state index contributed by atoms with van der Waals surface area (Å²) in [6.07, 6.45) is 2.12. The molecule has 1 aliphatic heterocycles. The smallest absolute Gasteiger partial charge is 0.193 e. The maximum absolute atomic E-state index is 9.67. The van der Waals surface area contributed by atoms with Crippen molar-refractivity contribution in [3.63, 3.8) is 0 Å². The standard InChI is InChI=1S/C19H31N3O2/c1-5-20-19(22-12-14(2)10-15(3)13-22)21-9-8-16-6-7-17(23)18(11-16)24-4/h6-7,11,14-15,23H,5,8-10,12-13H2,1-4H3,(H,20,21). The molecular formula is C19H31N3O2. The van der Waals surface area contributed by atoms with Gasteiger partial charge in [-0.15, -0.1) is 0 Å². The second-order valence-electron chi connectivity index (χ2n) is 6.84. The lowest BCUT2D eigenvalue weighted by Gasteiger charge is -2.37. The van der Waals surface area contributed by atoms with Gasteiger partial charge in [-0.25, -0.2) is 0 Å². The van der Waals surface area contributed by atoms with Crippen LogP contribution in [0.1, 0.15) is 32.8 Å². The quantitative estimate of drug-likeness (QED) is 0.643. The predicted octanol–water partition coefficient (Wildman–Crippen LogP) is 2.89. The van der Waals surface area contributed by atoms with E-state index in [1.165, 1.54) is 6.42 Å². The fourth-order valence-electron chi connectivity index (χ4n) is 3.43. The molecule has 5 nitrogen and oxygen atoms in total. The number of methoxy groups -OCH3 is 1. The highest BCUT2D eigenvalue weighted by atomic mass is 16.5. The molecule has 2 unspecified atom stereocenters. The average molecular weight is 333 g/mol. The molecule has 1 aromatic rings. The van der Waals surface area contributed by atoms with Crippen LogP contribution in [0.4, 0.5) is 0 Å². The van der Waals surface area contributed by atoms with Crippen LogP contribution in [0.25, 0.3) is 0 Å². The van der Waals surface area contributed by atoms with Crippen LogP contribution in [0.5, 0.6) is 11.5 Å². The van der Waals surface area contributed by atoms with E-state index in [1.807, 2.05) is 12.1 Å². The number of benzene rings is 1. The Kier molecular flexibility index (Phi) is 6.76. The Morgan fingerprint density at radius 3 is 2.67 bits per heavy atom. The number of nitrogens with one attached hydrogen (secondary N) is 1. The Morgan fingerprint density at radius 1 is 1.33 bits per heavy atom. The second-order valence-corrected chi connectivity index (χ2v) is 6.84. The van der Waals surface area contributed by atoms with Crippen molar-refractivity contribution < 1.29 is 9.84 Å². The van der Waals surface area contributed by atoms with Crippen molar-refractivity contribution in [2.45, 2.75) is 33.6 Å². The number of aliphatic imine (C=N–C) groups is 1. The number of aromatic hydroxyl groups is 1. The van der Waals surface area contributed by atoms with E-state index < -0.39 is 0 Å². The SMILES string of the molecule is CCNC(=NCCc1ccc(O)c(OC)c1)N1CC(C)CC(C)C1. The van der Waals surface area contributed by atoms with Gasteiger partial charge in [0.05, 0.1) is 7.11 Å². The zero-order valence-electron chi connectivity index (χ0n) is 15.4. The van der Waals surface area contributed by atoms with Gasteiger partial charge in [0.25, 0.3) is 0 Å². The Balaban J connectivity index is 2.00. The third-order valence-corrected chi connectivity index (χ3v) is 4.41. The number of phenols is 1. The van der Waals surface area contributed by atoms with Crippen molar-refractivity contribution in [1.82, 2.24) is 10.2 Å². The lowest BCUT2D eigenvalue weighted by Crippen LogP contribution is -2.48. The minimum absolute atomic E-state index is 0.175. The number of phenolic OH excluding ortho intramolecular Hbond substituents is 1. The Labute approximate surface area is 145 Å². The number of guanidine groups is 1. The van der Waals surface area contributed by atoms with Gasteiger partial charge in [0, 0.05) is 26.2 Å². The summed E-state index contributed by atoms with van der Waals surface area (Å²) in [6, 6.07) is 5.48. The molecule has 2 rings (SSSR count). The van der Waals surface area contributed by atoms with Gasteiger partial charge in [0.1, 0.15) is 0 Å². The van der Waals surface area contributed by atoms with Gasteiger partial charge in [-0.05, 0) is 49.3 Å². The monoisotopic (exact) mass is 333 g/mol. The molecule has 1 aromatic carbocycles. The van der Waals surface area contributed by atoms with Crippen molar-refractivity contribution in [1.29, 1.82) is 0 Å². The maximum atomic E-state index is 9.67. The Hall–Kier alpha value is -1.91. The molecule has 2 N–H and O–H groups in total. The van der Waals surface area contributed by atoms with Crippen molar-refractivity contribution >= 4 is 5.96 Å². The first-order valence-corrected chi connectivity index (χ1v) is 8.92. The van der Waals surface area contributed by atoms with Gasteiger partial charge in [-0.1, -0.05) is 19.9 Å². The van der Waals surface area contributed by atoms with E-state index in [0.29, 0.717) is 17.6 Å². The number of piperidine rings is 1. The number of likely N-dealkylation sites (tertiary alicyclic amines) is 1. The molecule has 0 radical (unpaired) electrons. The molecule has 0 aliphatic carbocycles. The normalized spacial score (nSPS) is 21.7. The molecule has 24 heavy (non-hydrogen) atoms. The molecule has 5 heteroatoms. The molecule has 0 aromatic heterocycles. The van der Waals surface area contributed by atoms with Gasteiger partial charge in [-0.3, -0.25) is 4.99 Å². The molecule has 1 saturated heterocycles. The molecule has 0 saturated carbocycles. The fraction of sp³-hybridized carbons (Fsp3) is 0.632. The molecule has 0 spiro atoms. The van der Waals surface area contributed by atoms with Crippen LogP contribution in [0.3, 0.4) is 0 Å². The lowest BCUT2D eigenvalue weighted by molar-refractivity contribution is 0.208. The van der Waals surface area contributed by atoms with Crippen LogP contribution in [0, 0.1) is 11.8 Å². The molecule has 134 valence electrons. The first-order chi connectivity index (χ1) is 11.5. The van der Waals surface area contributed by atoms with Gasteiger partial charge in [-0.2, -0.15) is 0 Å². The molecule has 1 fully saturated rings. The summed E-state index contributed by atoms with van der Waals surface area (Å²) < 4.78 is 5.16. The summed E-state index contributed by atoms with van der Waals surface area (Å²) in [5.74, 6) is 3.12. The highest BCUT2D eigenvalue weighted by Crippen LogP contribution is 2.26. The summed E-state index contributed by atoms with van der Waals surface area (Å²) in [5, 5.41) is 13.1.